The van der Waals surface area contributed by atoms with Crippen LogP contribution in [0.2, 0.25) is 0 Å². The number of hydrogen-bond acceptors (Lipinski definition) is 2. The van der Waals surface area contributed by atoms with Crippen molar-refractivity contribution in [2.45, 2.75) is 40.1 Å². The Morgan fingerprint density at radius 1 is 1.28 bits per heavy atom. The SMILES string of the molecule is CCOCn1ccc2c(CNC(C)C)cccc21. The molecule has 3 nitrogen and oxygen atoms in total. The molecule has 2 aromatic rings. The fraction of sp³-hybridized carbons (Fsp3) is 0.467. The summed E-state index contributed by atoms with van der Waals surface area (Å²) in [6, 6.07) is 9.12. The molecule has 0 unspecified atom stereocenters. The van der Waals surface area contributed by atoms with Gasteiger partial charge in [-0.2, -0.15) is 0 Å². The molecule has 98 valence electrons. The Labute approximate surface area is 109 Å². The van der Waals surface area contributed by atoms with E-state index in [9.17, 15) is 0 Å². The number of hydrogen-bond donors (Lipinski definition) is 1. The highest BCUT2D eigenvalue weighted by Crippen LogP contribution is 2.20. The van der Waals surface area contributed by atoms with Gasteiger partial charge >= 0.3 is 0 Å². The van der Waals surface area contributed by atoms with Crippen molar-refractivity contribution >= 4 is 10.9 Å². The topological polar surface area (TPSA) is 26.2 Å². The molecule has 0 fully saturated rings. The molecule has 0 atom stereocenters. The van der Waals surface area contributed by atoms with E-state index in [0.29, 0.717) is 12.8 Å². The predicted octanol–water partition coefficient (Wildman–Crippen LogP) is 3.13. The molecule has 0 saturated heterocycles. The van der Waals surface area contributed by atoms with Gasteiger partial charge in [0.05, 0.1) is 5.52 Å². The van der Waals surface area contributed by atoms with Crippen LogP contribution >= 0.6 is 0 Å². The van der Waals surface area contributed by atoms with Gasteiger partial charge in [0.25, 0.3) is 0 Å². The number of fused-ring (bicyclic) bond motifs is 1. The third kappa shape index (κ3) is 2.92. The minimum Gasteiger partial charge on any atom is -0.361 e. The van der Waals surface area contributed by atoms with Crippen LogP contribution in [0.25, 0.3) is 10.9 Å². The first kappa shape index (κ1) is 13.1. The molecule has 0 radical (unpaired) electrons. The third-order valence-corrected chi connectivity index (χ3v) is 3.04. The Morgan fingerprint density at radius 3 is 2.83 bits per heavy atom. The smallest absolute Gasteiger partial charge is 0.122 e. The van der Waals surface area contributed by atoms with Crippen LogP contribution in [-0.4, -0.2) is 17.2 Å². The van der Waals surface area contributed by atoms with Gasteiger partial charge in [0, 0.05) is 30.8 Å². The van der Waals surface area contributed by atoms with Crippen molar-refractivity contribution in [1.82, 2.24) is 9.88 Å². The standard InChI is InChI=1S/C15H22N2O/c1-4-18-11-17-9-8-14-13(10-16-12(2)3)6-5-7-15(14)17/h5-9,12,16H,4,10-11H2,1-3H3. The molecule has 3 heteroatoms. The quantitative estimate of drug-likeness (QED) is 0.847. The van der Waals surface area contributed by atoms with E-state index < -0.39 is 0 Å². The molecular weight excluding hydrogens is 224 g/mol. The van der Waals surface area contributed by atoms with E-state index in [1.54, 1.807) is 0 Å². The third-order valence-electron chi connectivity index (χ3n) is 3.04. The van der Waals surface area contributed by atoms with Crippen molar-refractivity contribution in [2.75, 3.05) is 6.61 Å². The van der Waals surface area contributed by atoms with Crippen LogP contribution in [0.4, 0.5) is 0 Å². The molecule has 1 heterocycles. The summed E-state index contributed by atoms with van der Waals surface area (Å²) in [5.41, 5.74) is 2.59. The maximum absolute atomic E-state index is 5.47. The van der Waals surface area contributed by atoms with Gasteiger partial charge in [-0.3, -0.25) is 0 Å². The summed E-state index contributed by atoms with van der Waals surface area (Å²) < 4.78 is 7.62. The first-order chi connectivity index (χ1) is 8.72. The lowest BCUT2D eigenvalue weighted by atomic mass is 10.1. The van der Waals surface area contributed by atoms with Gasteiger partial charge in [0.15, 0.2) is 0 Å². The molecule has 18 heavy (non-hydrogen) atoms. The maximum Gasteiger partial charge on any atom is 0.122 e. The second-order valence-corrected chi connectivity index (χ2v) is 4.79. The highest BCUT2D eigenvalue weighted by molar-refractivity contribution is 5.83. The summed E-state index contributed by atoms with van der Waals surface area (Å²) in [7, 11) is 0. The summed E-state index contributed by atoms with van der Waals surface area (Å²) in [4.78, 5) is 0. The molecule has 0 saturated carbocycles. The van der Waals surface area contributed by atoms with E-state index in [1.807, 2.05) is 6.92 Å². The normalized spacial score (nSPS) is 11.6. The van der Waals surface area contributed by atoms with Crippen LogP contribution in [0.15, 0.2) is 30.5 Å². The molecule has 0 spiro atoms. The Bertz CT molecular complexity index is 502. The van der Waals surface area contributed by atoms with Crippen molar-refractivity contribution in [2.24, 2.45) is 0 Å². The van der Waals surface area contributed by atoms with Crippen LogP contribution in [0, 0.1) is 0 Å². The zero-order chi connectivity index (χ0) is 13.0. The highest BCUT2D eigenvalue weighted by Gasteiger charge is 2.05. The number of rotatable bonds is 6. The fourth-order valence-corrected chi connectivity index (χ4v) is 2.06. The number of ether oxygens (including phenoxy) is 1. The summed E-state index contributed by atoms with van der Waals surface area (Å²) in [5, 5.41) is 4.78. The Morgan fingerprint density at radius 2 is 2.11 bits per heavy atom. The minimum atomic E-state index is 0.505. The zero-order valence-electron chi connectivity index (χ0n) is 11.4. The van der Waals surface area contributed by atoms with Gasteiger partial charge in [0.2, 0.25) is 0 Å². The molecule has 2 rings (SSSR count). The van der Waals surface area contributed by atoms with E-state index in [1.165, 1.54) is 16.5 Å². The van der Waals surface area contributed by atoms with E-state index in [2.05, 4.69) is 54.2 Å². The average Bonchev–Trinajstić information content (AvgIpc) is 2.77. The van der Waals surface area contributed by atoms with Crippen LogP contribution < -0.4 is 5.32 Å². The summed E-state index contributed by atoms with van der Waals surface area (Å²) in [6.45, 7) is 8.63. The first-order valence-electron chi connectivity index (χ1n) is 6.60. The molecule has 0 aliphatic heterocycles. The van der Waals surface area contributed by atoms with E-state index >= 15 is 0 Å². The van der Waals surface area contributed by atoms with Crippen molar-refractivity contribution in [3.63, 3.8) is 0 Å². The summed E-state index contributed by atoms with van der Waals surface area (Å²) >= 11 is 0. The average molecular weight is 246 g/mol. The lowest BCUT2D eigenvalue weighted by Crippen LogP contribution is -2.21. The van der Waals surface area contributed by atoms with Gasteiger partial charge in [-0.05, 0) is 24.6 Å². The molecule has 1 aromatic heterocycles. The van der Waals surface area contributed by atoms with Crippen LogP contribution in [0.5, 0.6) is 0 Å². The van der Waals surface area contributed by atoms with Crippen molar-refractivity contribution in [3.05, 3.63) is 36.0 Å². The molecule has 1 N–H and O–H groups in total. The Balaban J connectivity index is 2.24. The van der Waals surface area contributed by atoms with Crippen molar-refractivity contribution in [1.29, 1.82) is 0 Å². The largest absolute Gasteiger partial charge is 0.361 e. The molecule has 0 aliphatic rings. The van der Waals surface area contributed by atoms with Crippen LogP contribution in [-0.2, 0) is 18.0 Å². The lowest BCUT2D eigenvalue weighted by Gasteiger charge is -2.10. The Kier molecular flexibility index (Phi) is 4.39. The van der Waals surface area contributed by atoms with Crippen LogP contribution in [0.3, 0.4) is 0 Å². The van der Waals surface area contributed by atoms with E-state index in [4.69, 9.17) is 4.74 Å². The molecule has 1 aromatic carbocycles. The van der Waals surface area contributed by atoms with Crippen LogP contribution in [0.1, 0.15) is 26.3 Å². The molecule has 0 amide bonds. The number of aromatic nitrogens is 1. The summed E-state index contributed by atoms with van der Waals surface area (Å²) in [5.74, 6) is 0. The van der Waals surface area contributed by atoms with Crippen molar-refractivity contribution in [3.8, 4) is 0 Å². The van der Waals surface area contributed by atoms with Gasteiger partial charge in [-0.15, -0.1) is 0 Å². The predicted molar refractivity (Wildman–Crippen MR) is 75.5 cm³/mol. The van der Waals surface area contributed by atoms with Gasteiger partial charge < -0.3 is 14.6 Å². The second kappa shape index (κ2) is 6.03. The monoisotopic (exact) mass is 246 g/mol. The van der Waals surface area contributed by atoms with Crippen molar-refractivity contribution < 1.29 is 4.74 Å². The van der Waals surface area contributed by atoms with Gasteiger partial charge in [0.1, 0.15) is 6.73 Å². The molecule has 0 bridgehead atoms. The highest BCUT2D eigenvalue weighted by atomic mass is 16.5. The first-order valence-corrected chi connectivity index (χ1v) is 6.60. The van der Waals surface area contributed by atoms with E-state index in [0.717, 1.165) is 13.2 Å². The fourth-order valence-electron chi connectivity index (χ4n) is 2.06. The zero-order valence-corrected chi connectivity index (χ0v) is 11.4. The number of nitrogens with one attached hydrogen (secondary N) is 1. The summed E-state index contributed by atoms with van der Waals surface area (Å²) in [6.07, 6.45) is 2.10. The molecular formula is C15H22N2O. The number of benzene rings is 1. The lowest BCUT2D eigenvalue weighted by molar-refractivity contribution is 0.0909. The Hall–Kier alpha value is -1.32. The maximum atomic E-state index is 5.47. The van der Waals surface area contributed by atoms with E-state index in [-0.39, 0.29) is 0 Å². The van der Waals surface area contributed by atoms with Gasteiger partial charge in [-0.1, -0.05) is 26.0 Å². The van der Waals surface area contributed by atoms with Gasteiger partial charge in [-0.25, -0.2) is 0 Å². The second-order valence-electron chi connectivity index (χ2n) is 4.79. The number of nitrogens with zero attached hydrogens (tertiary/aromatic N) is 1. The molecule has 0 aliphatic carbocycles. The minimum absolute atomic E-state index is 0.505.